The van der Waals surface area contributed by atoms with Crippen LogP contribution in [0.5, 0.6) is 0 Å². The van der Waals surface area contributed by atoms with Gasteiger partial charge in [-0.2, -0.15) is 0 Å². The predicted molar refractivity (Wildman–Crippen MR) is 79.4 cm³/mol. The van der Waals surface area contributed by atoms with Gasteiger partial charge in [-0.1, -0.05) is 27.7 Å². The number of carbonyl (C=O) groups is 2. The van der Waals surface area contributed by atoms with Crippen molar-refractivity contribution in [2.75, 3.05) is 0 Å². The van der Waals surface area contributed by atoms with Crippen LogP contribution in [0.15, 0.2) is 22.8 Å². The van der Waals surface area contributed by atoms with Crippen LogP contribution in [-0.2, 0) is 9.59 Å². The van der Waals surface area contributed by atoms with Crippen molar-refractivity contribution in [1.82, 2.24) is 10.2 Å². The van der Waals surface area contributed by atoms with Crippen molar-refractivity contribution in [2.24, 2.45) is 11.8 Å². The zero-order valence-corrected chi connectivity index (χ0v) is 13.3. The summed E-state index contributed by atoms with van der Waals surface area (Å²) in [7, 11) is 0. The van der Waals surface area contributed by atoms with Crippen molar-refractivity contribution >= 4 is 11.8 Å². The molecule has 5 nitrogen and oxygen atoms in total. The first-order valence-corrected chi connectivity index (χ1v) is 7.50. The standard InChI is InChI=1S/C16H24N2O3/c1-9(2)13-16(20)18(11(5)12-7-6-8-21-12)14(10(3)4)15(19)17-13/h6-11,13-14H,1-5H3,(H,17,19). The van der Waals surface area contributed by atoms with E-state index in [4.69, 9.17) is 4.42 Å². The van der Waals surface area contributed by atoms with Crippen molar-refractivity contribution in [3.8, 4) is 0 Å². The Kier molecular flexibility index (Phi) is 4.40. The van der Waals surface area contributed by atoms with Crippen molar-refractivity contribution < 1.29 is 14.0 Å². The Morgan fingerprint density at radius 1 is 1.14 bits per heavy atom. The van der Waals surface area contributed by atoms with Gasteiger partial charge in [0.25, 0.3) is 0 Å². The maximum Gasteiger partial charge on any atom is 0.246 e. The average molecular weight is 292 g/mol. The van der Waals surface area contributed by atoms with Crippen LogP contribution in [0.4, 0.5) is 0 Å². The van der Waals surface area contributed by atoms with E-state index >= 15 is 0 Å². The normalized spacial score (nSPS) is 24.6. The molecule has 1 aromatic heterocycles. The largest absolute Gasteiger partial charge is 0.467 e. The van der Waals surface area contributed by atoms with E-state index in [1.165, 1.54) is 0 Å². The fourth-order valence-electron chi connectivity index (χ4n) is 2.90. The summed E-state index contributed by atoms with van der Waals surface area (Å²) in [6.45, 7) is 9.69. The minimum atomic E-state index is -0.468. The third-order valence-corrected chi connectivity index (χ3v) is 4.06. The van der Waals surface area contributed by atoms with E-state index in [2.05, 4.69) is 5.32 Å². The van der Waals surface area contributed by atoms with Crippen LogP contribution < -0.4 is 5.32 Å². The first-order valence-electron chi connectivity index (χ1n) is 7.50. The smallest absolute Gasteiger partial charge is 0.246 e. The zero-order chi connectivity index (χ0) is 15.7. The van der Waals surface area contributed by atoms with Crippen LogP contribution >= 0.6 is 0 Å². The van der Waals surface area contributed by atoms with E-state index in [1.807, 2.05) is 40.7 Å². The maximum atomic E-state index is 12.8. The van der Waals surface area contributed by atoms with Gasteiger partial charge in [-0.05, 0) is 30.9 Å². The molecule has 2 rings (SSSR count). The maximum absolute atomic E-state index is 12.8. The summed E-state index contributed by atoms with van der Waals surface area (Å²) in [5, 5.41) is 2.87. The van der Waals surface area contributed by atoms with E-state index < -0.39 is 12.1 Å². The van der Waals surface area contributed by atoms with Gasteiger partial charge in [-0.15, -0.1) is 0 Å². The molecule has 0 bridgehead atoms. The van der Waals surface area contributed by atoms with Crippen LogP contribution in [-0.4, -0.2) is 28.8 Å². The highest BCUT2D eigenvalue weighted by molar-refractivity contribution is 5.97. The highest BCUT2D eigenvalue weighted by atomic mass is 16.3. The molecular formula is C16H24N2O3. The summed E-state index contributed by atoms with van der Waals surface area (Å²) in [5.74, 6) is 0.681. The van der Waals surface area contributed by atoms with Crippen molar-refractivity contribution in [2.45, 2.75) is 52.7 Å². The molecule has 1 fully saturated rings. The molecule has 3 atom stereocenters. The lowest BCUT2D eigenvalue weighted by Gasteiger charge is -2.44. The van der Waals surface area contributed by atoms with E-state index in [1.54, 1.807) is 17.2 Å². The minimum absolute atomic E-state index is 0.0350. The van der Waals surface area contributed by atoms with Gasteiger partial charge in [0.2, 0.25) is 11.8 Å². The Morgan fingerprint density at radius 3 is 2.29 bits per heavy atom. The van der Waals surface area contributed by atoms with E-state index in [9.17, 15) is 9.59 Å². The molecule has 0 saturated carbocycles. The number of furan rings is 1. The molecule has 5 heteroatoms. The topological polar surface area (TPSA) is 62.6 Å². The Morgan fingerprint density at radius 2 is 1.81 bits per heavy atom. The molecule has 2 heterocycles. The van der Waals surface area contributed by atoms with E-state index in [0.29, 0.717) is 5.76 Å². The lowest BCUT2D eigenvalue weighted by atomic mass is 9.91. The highest BCUT2D eigenvalue weighted by Gasteiger charge is 2.45. The molecule has 1 aliphatic heterocycles. The van der Waals surface area contributed by atoms with Crippen molar-refractivity contribution in [1.29, 1.82) is 0 Å². The Balaban J connectivity index is 2.39. The minimum Gasteiger partial charge on any atom is -0.467 e. The van der Waals surface area contributed by atoms with Gasteiger partial charge in [0, 0.05) is 0 Å². The summed E-state index contributed by atoms with van der Waals surface area (Å²) in [6, 6.07) is 2.45. The van der Waals surface area contributed by atoms with Crippen LogP contribution in [0.3, 0.4) is 0 Å². The van der Waals surface area contributed by atoms with Crippen LogP contribution in [0.25, 0.3) is 0 Å². The third-order valence-electron chi connectivity index (χ3n) is 4.06. The quantitative estimate of drug-likeness (QED) is 0.926. The van der Waals surface area contributed by atoms with Crippen molar-refractivity contribution in [3.05, 3.63) is 24.2 Å². The van der Waals surface area contributed by atoms with Gasteiger partial charge in [-0.25, -0.2) is 0 Å². The van der Waals surface area contributed by atoms with Crippen LogP contribution in [0.2, 0.25) is 0 Å². The lowest BCUT2D eigenvalue weighted by molar-refractivity contribution is -0.155. The first kappa shape index (κ1) is 15.6. The number of piperazine rings is 1. The summed E-state index contributed by atoms with van der Waals surface area (Å²) >= 11 is 0. The number of carbonyl (C=O) groups excluding carboxylic acids is 2. The summed E-state index contributed by atoms with van der Waals surface area (Å²) in [5.41, 5.74) is 0. The molecule has 116 valence electrons. The van der Waals surface area contributed by atoms with Crippen LogP contribution in [0, 0.1) is 11.8 Å². The Labute approximate surface area is 125 Å². The third kappa shape index (κ3) is 2.82. The Hall–Kier alpha value is -1.78. The summed E-state index contributed by atoms with van der Waals surface area (Å²) in [6.07, 6.45) is 1.59. The number of rotatable bonds is 4. The van der Waals surface area contributed by atoms with Crippen LogP contribution in [0.1, 0.15) is 46.4 Å². The molecule has 3 unspecified atom stereocenters. The molecule has 0 aliphatic carbocycles. The average Bonchev–Trinajstić information content (AvgIpc) is 2.92. The molecule has 21 heavy (non-hydrogen) atoms. The number of hydrogen-bond donors (Lipinski definition) is 1. The van der Waals surface area contributed by atoms with Gasteiger partial charge in [0.15, 0.2) is 0 Å². The number of nitrogens with zero attached hydrogens (tertiary/aromatic N) is 1. The molecule has 0 spiro atoms. The monoisotopic (exact) mass is 292 g/mol. The predicted octanol–water partition coefficient (Wildman–Crippen LogP) is 2.35. The molecule has 1 saturated heterocycles. The fourth-order valence-corrected chi connectivity index (χ4v) is 2.90. The molecular weight excluding hydrogens is 268 g/mol. The summed E-state index contributed by atoms with van der Waals surface area (Å²) in [4.78, 5) is 27.0. The van der Waals surface area contributed by atoms with Gasteiger partial charge in [0.05, 0.1) is 12.3 Å². The second-order valence-electron chi connectivity index (χ2n) is 6.36. The second-order valence-corrected chi connectivity index (χ2v) is 6.36. The lowest BCUT2D eigenvalue weighted by Crippen LogP contribution is -2.66. The van der Waals surface area contributed by atoms with Gasteiger partial charge >= 0.3 is 0 Å². The second kappa shape index (κ2) is 5.92. The van der Waals surface area contributed by atoms with E-state index in [0.717, 1.165) is 0 Å². The fraction of sp³-hybridized carbons (Fsp3) is 0.625. The molecule has 1 N–H and O–H groups in total. The number of hydrogen-bond acceptors (Lipinski definition) is 3. The SMILES string of the molecule is CC(C)C1NC(=O)C(C(C)C)N(C(C)c2ccco2)C1=O. The van der Waals surface area contributed by atoms with Gasteiger partial charge in [0.1, 0.15) is 17.8 Å². The molecule has 1 aromatic rings. The Bertz CT molecular complexity index is 508. The molecule has 0 aromatic carbocycles. The number of amides is 2. The first-order chi connectivity index (χ1) is 9.84. The highest BCUT2D eigenvalue weighted by Crippen LogP contribution is 2.30. The van der Waals surface area contributed by atoms with Crippen molar-refractivity contribution in [3.63, 3.8) is 0 Å². The number of nitrogens with one attached hydrogen (secondary N) is 1. The molecule has 2 amide bonds. The molecule has 1 aliphatic rings. The van der Waals surface area contributed by atoms with E-state index in [-0.39, 0.29) is 29.7 Å². The van der Waals surface area contributed by atoms with Gasteiger partial charge < -0.3 is 14.6 Å². The zero-order valence-electron chi connectivity index (χ0n) is 13.3. The molecule has 0 radical (unpaired) electrons. The van der Waals surface area contributed by atoms with Gasteiger partial charge in [-0.3, -0.25) is 9.59 Å². The summed E-state index contributed by atoms with van der Waals surface area (Å²) < 4.78 is 5.43.